The van der Waals surface area contributed by atoms with Crippen molar-refractivity contribution >= 4 is 22.9 Å². The third kappa shape index (κ3) is 7.04. The molecule has 43 heavy (non-hydrogen) atoms. The molecule has 1 aliphatic rings. The summed E-state index contributed by atoms with van der Waals surface area (Å²) in [5.41, 5.74) is 1.94. The summed E-state index contributed by atoms with van der Waals surface area (Å²) < 4.78 is 22.9. The topological polar surface area (TPSA) is 95.7 Å². The number of hydrogen-bond acceptors (Lipinski definition) is 7. The molecule has 2 aromatic heterocycles. The lowest BCUT2D eigenvalue weighted by molar-refractivity contribution is 0.0630. The van der Waals surface area contributed by atoms with Crippen molar-refractivity contribution in [3.63, 3.8) is 0 Å². The Hall–Kier alpha value is -3.86. The fourth-order valence-electron chi connectivity index (χ4n) is 5.68. The highest BCUT2D eigenvalue weighted by Crippen LogP contribution is 2.33. The molecule has 0 radical (unpaired) electrons. The van der Waals surface area contributed by atoms with Gasteiger partial charge in [0, 0.05) is 24.8 Å². The summed E-state index contributed by atoms with van der Waals surface area (Å²) in [6.45, 7) is 7.83. The Kier molecular flexibility index (Phi) is 9.10. The van der Waals surface area contributed by atoms with Gasteiger partial charge in [-0.05, 0) is 95.7 Å². The lowest BCUT2D eigenvalue weighted by Crippen LogP contribution is -2.37. The summed E-state index contributed by atoms with van der Waals surface area (Å²) in [5, 5.41) is 13.6. The third-order valence-corrected chi connectivity index (χ3v) is 7.96. The number of halogens is 1. The molecule has 9 nitrogen and oxygen atoms in total. The number of para-hydroxylation sites is 1. The zero-order chi connectivity index (χ0) is 30.7. The molecule has 5 rings (SSSR count). The molecule has 0 unspecified atom stereocenters. The van der Waals surface area contributed by atoms with E-state index < -0.39 is 17.3 Å². The van der Waals surface area contributed by atoms with Crippen LogP contribution in [0.5, 0.6) is 5.75 Å². The number of piperidine rings is 1. The second-order valence-electron chi connectivity index (χ2n) is 12.2. The molecule has 10 heteroatoms. The van der Waals surface area contributed by atoms with Crippen molar-refractivity contribution in [2.75, 3.05) is 52.7 Å². The Morgan fingerprint density at radius 1 is 1.16 bits per heavy atom. The summed E-state index contributed by atoms with van der Waals surface area (Å²) in [6.07, 6.45) is 3.54. The quantitative estimate of drug-likeness (QED) is 0.269. The van der Waals surface area contributed by atoms with E-state index in [2.05, 4.69) is 51.3 Å². The first kappa shape index (κ1) is 30.6. The minimum atomic E-state index is -1.08. The van der Waals surface area contributed by atoms with Gasteiger partial charge in [-0.3, -0.25) is 15.1 Å². The molecular formula is C33H41FN6O3. The smallest absolute Gasteiger partial charge is 0.261 e. The average Bonchev–Trinajstić information content (AvgIpc) is 3.30. The van der Waals surface area contributed by atoms with Crippen molar-refractivity contribution in [2.45, 2.75) is 44.8 Å². The standard InChI is InChI=1S/C33H41FN6O3/c1-33(2,42)21-40-27-20-23(22-13-16-39(17-14-22)19-18-38(3)4)10-11-26(27)36-32(40)37-31(41)25-12-15-35-30(29(25)34)24-8-6-7-9-28(24)43-5/h6-12,15,20,22,42H,13-14,16-19,21H2,1-5H3,(H,36,37,41). The molecule has 0 aliphatic carbocycles. The Balaban J connectivity index is 1.43. The first-order valence-electron chi connectivity index (χ1n) is 14.7. The Morgan fingerprint density at radius 3 is 2.60 bits per heavy atom. The number of likely N-dealkylation sites (N-methyl/N-ethyl adjacent to an activating group) is 1. The number of hydrogen-bond donors (Lipinski definition) is 2. The number of methoxy groups -OCH3 is 1. The first-order valence-corrected chi connectivity index (χ1v) is 14.7. The largest absolute Gasteiger partial charge is 0.496 e. The number of aromatic nitrogens is 3. The van der Waals surface area contributed by atoms with Gasteiger partial charge in [0.15, 0.2) is 5.82 Å². The number of fused-ring (bicyclic) bond motifs is 1. The van der Waals surface area contributed by atoms with Crippen LogP contribution < -0.4 is 10.1 Å². The van der Waals surface area contributed by atoms with E-state index in [1.807, 2.05) is 10.6 Å². The highest BCUT2D eigenvalue weighted by Gasteiger charge is 2.26. The predicted molar refractivity (Wildman–Crippen MR) is 167 cm³/mol. The molecule has 1 aliphatic heterocycles. The maximum Gasteiger partial charge on any atom is 0.261 e. The van der Waals surface area contributed by atoms with E-state index >= 15 is 4.39 Å². The summed E-state index contributed by atoms with van der Waals surface area (Å²) in [6, 6.07) is 14.5. The van der Waals surface area contributed by atoms with Gasteiger partial charge in [0.1, 0.15) is 11.4 Å². The van der Waals surface area contributed by atoms with Gasteiger partial charge in [0.05, 0.1) is 35.9 Å². The lowest BCUT2D eigenvalue weighted by Gasteiger charge is -2.32. The van der Waals surface area contributed by atoms with E-state index in [4.69, 9.17) is 4.74 Å². The number of anilines is 1. The molecule has 228 valence electrons. The molecule has 4 aromatic rings. The van der Waals surface area contributed by atoms with Crippen LogP contribution in [0.1, 0.15) is 48.5 Å². The van der Waals surface area contributed by atoms with E-state index in [0.29, 0.717) is 22.7 Å². The zero-order valence-electron chi connectivity index (χ0n) is 25.6. The van der Waals surface area contributed by atoms with E-state index in [-0.39, 0.29) is 23.8 Å². The fourth-order valence-corrected chi connectivity index (χ4v) is 5.68. The molecule has 0 spiro atoms. The third-order valence-electron chi connectivity index (χ3n) is 7.96. The number of aliphatic hydroxyl groups is 1. The Morgan fingerprint density at radius 2 is 1.91 bits per heavy atom. The van der Waals surface area contributed by atoms with E-state index in [1.54, 1.807) is 38.1 Å². The van der Waals surface area contributed by atoms with Gasteiger partial charge in [-0.1, -0.05) is 18.2 Å². The van der Waals surface area contributed by atoms with Gasteiger partial charge in [0.2, 0.25) is 5.95 Å². The van der Waals surface area contributed by atoms with Crippen LogP contribution in [0.25, 0.3) is 22.3 Å². The van der Waals surface area contributed by atoms with Crippen LogP contribution in [-0.2, 0) is 6.54 Å². The highest BCUT2D eigenvalue weighted by molar-refractivity contribution is 6.05. The second kappa shape index (κ2) is 12.8. The van der Waals surface area contributed by atoms with Crippen molar-refractivity contribution in [3.8, 4) is 17.0 Å². The number of carbonyl (C=O) groups excluding carboxylic acids is 1. The molecule has 0 bridgehead atoms. The van der Waals surface area contributed by atoms with Crippen LogP contribution in [0.4, 0.5) is 10.3 Å². The minimum Gasteiger partial charge on any atom is -0.496 e. The van der Waals surface area contributed by atoms with Crippen molar-refractivity contribution in [1.82, 2.24) is 24.3 Å². The summed E-state index contributed by atoms with van der Waals surface area (Å²) in [7, 11) is 5.70. The number of rotatable bonds is 10. The van der Waals surface area contributed by atoms with Crippen LogP contribution in [0.15, 0.2) is 54.7 Å². The van der Waals surface area contributed by atoms with Crippen molar-refractivity contribution in [1.29, 1.82) is 0 Å². The van der Waals surface area contributed by atoms with Crippen LogP contribution in [-0.4, -0.2) is 88.3 Å². The molecule has 0 saturated carbocycles. The summed E-state index contributed by atoms with van der Waals surface area (Å²) >= 11 is 0. The summed E-state index contributed by atoms with van der Waals surface area (Å²) in [5.74, 6) is -0.299. The molecule has 1 saturated heterocycles. The molecule has 2 aromatic carbocycles. The molecule has 1 fully saturated rings. The van der Waals surface area contributed by atoms with Gasteiger partial charge in [-0.2, -0.15) is 0 Å². The highest BCUT2D eigenvalue weighted by atomic mass is 19.1. The van der Waals surface area contributed by atoms with Crippen molar-refractivity contribution < 1.29 is 19.0 Å². The number of nitrogens with one attached hydrogen (secondary N) is 1. The Bertz CT molecular complexity index is 1590. The maximum absolute atomic E-state index is 15.7. The molecule has 1 amide bonds. The fraction of sp³-hybridized carbons (Fsp3) is 0.424. The first-order chi connectivity index (χ1) is 20.5. The van der Waals surface area contributed by atoms with Crippen LogP contribution in [0.3, 0.4) is 0 Å². The predicted octanol–water partition coefficient (Wildman–Crippen LogP) is 5.01. The van der Waals surface area contributed by atoms with Gasteiger partial charge in [-0.25, -0.2) is 9.37 Å². The number of amides is 1. The van der Waals surface area contributed by atoms with Gasteiger partial charge >= 0.3 is 0 Å². The number of carbonyl (C=O) groups is 1. The van der Waals surface area contributed by atoms with E-state index in [1.165, 1.54) is 24.9 Å². The SMILES string of the molecule is COc1ccccc1-c1nccc(C(=O)Nc2nc3ccc(C4CCN(CCN(C)C)CC4)cc3n2CC(C)(C)O)c1F. The zero-order valence-corrected chi connectivity index (χ0v) is 25.6. The molecule has 3 heterocycles. The monoisotopic (exact) mass is 588 g/mol. The minimum absolute atomic E-state index is 0.0208. The van der Waals surface area contributed by atoms with Crippen molar-refractivity contribution in [2.24, 2.45) is 0 Å². The summed E-state index contributed by atoms with van der Waals surface area (Å²) in [4.78, 5) is 27.1. The molecule has 2 N–H and O–H groups in total. The van der Waals surface area contributed by atoms with Crippen LogP contribution >= 0.6 is 0 Å². The molecule has 0 atom stereocenters. The Labute approximate surface area is 252 Å². The number of nitrogens with zero attached hydrogens (tertiary/aromatic N) is 5. The lowest BCUT2D eigenvalue weighted by atomic mass is 9.89. The van der Waals surface area contributed by atoms with Gasteiger partial charge in [-0.15, -0.1) is 0 Å². The number of pyridine rings is 1. The number of imidazole rings is 1. The van der Waals surface area contributed by atoms with Crippen LogP contribution in [0, 0.1) is 5.82 Å². The molecular weight excluding hydrogens is 547 g/mol. The second-order valence-corrected chi connectivity index (χ2v) is 12.2. The van der Waals surface area contributed by atoms with Crippen LogP contribution in [0.2, 0.25) is 0 Å². The van der Waals surface area contributed by atoms with E-state index in [9.17, 15) is 9.90 Å². The van der Waals surface area contributed by atoms with Gasteiger partial charge in [0.25, 0.3) is 5.91 Å². The van der Waals surface area contributed by atoms with Crippen molar-refractivity contribution in [3.05, 3.63) is 71.7 Å². The number of likely N-dealkylation sites (tertiary alicyclic amines) is 1. The van der Waals surface area contributed by atoms with E-state index in [0.717, 1.165) is 44.5 Å². The number of benzene rings is 2. The normalized spacial score (nSPS) is 14.9. The van der Waals surface area contributed by atoms with Gasteiger partial charge < -0.3 is 24.2 Å². The average molecular weight is 589 g/mol. The number of ether oxygens (including phenoxy) is 1. The maximum atomic E-state index is 15.7.